The molecule has 3 rings (SSSR count). The van der Waals surface area contributed by atoms with Crippen molar-refractivity contribution in [3.8, 4) is 11.4 Å². The Balaban J connectivity index is 1.84. The predicted octanol–water partition coefficient (Wildman–Crippen LogP) is 3.17. The van der Waals surface area contributed by atoms with Gasteiger partial charge in [0.25, 0.3) is 5.91 Å². The fraction of sp³-hybridized carbons (Fsp3) is 0.273. The van der Waals surface area contributed by atoms with Crippen molar-refractivity contribution in [3.63, 3.8) is 0 Å². The molecule has 162 valence electrons. The normalized spacial score (nSPS) is 10.9. The second-order valence-corrected chi connectivity index (χ2v) is 7.32. The molecule has 1 amide bonds. The number of carbonyl (C=O) groups excluding carboxylic acids is 1. The summed E-state index contributed by atoms with van der Waals surface area (Å²) >= 11 is 0. The van der Waals surface area contributed by atoms with Gasteiger partial charge in [0.15, 0.2) is 0 Å². The van der Waals surface area contributed by atoms with Crippen LogP contribution < -0.4 is 5.32 Å². The number of hydrogen-bond donors (Lipinski definition) is 2. The Morgan fingerprint density at radius 2 is 1.90 bits per heavy atom. The van der Waals surface area contributed by atoms with Gasteiger partial charge >= 0.3 is 5.97 Å². The fourth-order valence-corrected chi connectivity index (χ4v) is 3.31. The van der Waals surface area contributed by atoms with Crippen LogP contribution in [0.5, 0.6) is 0 Å². The number of nitrogens with one attached hydrogen (secondary N) is 1. The van der Waals surface area contributed by atoms with Crippen LogP contribution in [0.4, 0.5) is 11.6 Å². The number of aryl methyl sites for hydroxylation is 2. The Morgan fingerprint density at radius 3 is 2.48 bits per heavy atom. The topological polar surface area (TPSA) is 104 Å². The van der Waals surface area contributed by atoms with E-state index >= 15 is 0 Å². The van der Waals surface area contributed by atoms with Crippen LogP contribution in [0.15, 0.2) is 42.7 Å². The molecule has 0 spiro atoms. The van der Waals surface area contributed by atoms with Gasteiger partial charge in [-0.2, -0.15) is 0 Å². The van der Waals surface area contributed by atoms with Crippen molar-refractivity contribution in [2.75, 3.05) is 26.0 Å². The highest BCUT2D eigenvalue weighted by atomic mass is 16.4. The molecule has 9 nitrogen and oxygen atoms in total. The molecule has 0 aliphatic rings. The first-order chi connectivity index (χ1) is 14.7. The number of carbonyl (C=O) groups is 2. The van der Waals surface area contributed by atoms with E-state index < -0.39 is 5.97 Å². The first-order valence-corrected chi connectivity index (χ1v) is 9.81. The lowest BCUT2D eigenvalue weighted by Crippen LogP contribution is -2.41. The van der Waals surface area contributed by atoms with E-state index in [1.807, 2.05) is 40.1 Å². The third kappa shape index (κ3) is 4.72. The lowest BCUT2D eigenvalue weighted by atomic mass is 10.1. The molecular weight excluding hydrogens is 396 g/mol. The van der Waals surface area contributed by atoms with Crippen LogP contribution in [-0.4, -0.2) is 62.2 Å². The van der Waals surface area contributed by atoms with Crippen molar-refractivity contribution < 1.29 is 14.7 Å². The number of carboxylic acids is 1. The zero-order valence-electron chi connectivity index (χ0n) is 18.2. The van der Waals surface area contributed by atoms with Crippen LogP contribution in [0.2, 0.25) is 0 Å². The third-order valence-electron chi connectivity index (χ3n) is 4.91. The Bertz CT molecular complexity index is 1120. The second-order valence-electron chi connectivity index (χ2n) is 7.32. The van der Waals surface area contributed by atoms with E-state index in [1.54, 1.807) is 52.2 Å². The third-order valence-corrected chi connectivity index (χ3v) is 4.91. The molecule has 0 bridgehead atoms. The number of hydrazine groups is 1. The van der Waals surface area contributed by atoms with E-state index in [2.05, 4.69) is 15.3 Å². The molecule has 2 N–H and O–H groups in total. The van der Waals surface area contributed by atoms with Crippen molar-refractivity contribution >= 4 is 23.5 Å². The van der Waals surface area contributed by atoms with Crippen molar-refractivity contribution in [1.29, 1.82) is 0 Å². The molecule has 0 aliphatic heterocycles. The Morgan fingerprint density at radius 1 is 1.16 bits per heavy atom. The van der Waals surface area contributed by atoms with Gasteiger partial charge in [-0.05, 0) is 49.7 Å². The fourth-order valence-electron chi connectivity index (χ4n) is 3.31. The molecule has 3 aromatic rings. The molecule has 31 heavy (non-hydrogen) atoms. The van der Waals surface area contributed by atoms with Gasteiger partial charge in [0.2, 0.25) is 5.95 Å². The zero-order chi connectivity index (χ0) is 22.7. The van der Waals surface area contributed by atoms with Gasteiger partial charge in [-0.25, -0.2) is 19.8 Å². The van der Waals surface area contributed by atoms with E-state index in [4.69, 9.17) is 0 Å². The maximum atomic E-state index is 12.7. The second kappa shape index (κ2) is 8.97. The summed E-state index contributed by atoms with van der Waals surface area (Å²) in [4.78, 5) is 32.7. The number of aromatic nitrogens is 3. The Hall–Kier alpha value is -3.72. The number of aromatic carboxylic acids is 1. The van der Waals surface area contributed by atoms with Crippen LogP contribution >= 0.6 is 0 Å². The summed E-state index contributed by atoms with van der Waals surface area (Å²) < 4.78 is 1.71. The van der Waals surface area contributed by atoms with E-state index in [1.165, 1.54) is 0 Å². The highest BCUT2D eigenvalue weighted by Crippen LogP contribution is 2.24. The van der Waals surface area contributed by atoms with E-state index in [0.717, 1.165) is 11.3 Å². The molecule has 0 atom stereocenters. The summed E-state index contributed by atoms with van der Waals surface area (Å²) in [5.41, 5.74) is 3.71. The van der Waals surface area contributed by atoms with E-state index in [-0.39, 0.29) is 11.5 Å². The summed E-state index contributed by atoms with van der Waals surface area (Å²) in [5.74, 6) is -0.685. The van der Waals surface area contributed by atoms with Gasteiger partial charge in [-0.1, -0.05) is 0 Å². The van der Waals surface area contributed by atoms with Crippen LogP contribution in [0.25, 0.3) is 11.4 Å². The minimum atomic E-state index is -0.990. The number of carboxylic acid groups (broad SMARTS) is 1. The Kier molecular flexibility index (Phi) is 6.36. The smallest absolute Gasteiger partial charge is 0.337 e. The number of hydrogen-bond acceptors (Lipinski definition) is 6. The van der Waals surface area contributed by atoms with Crippen LogP contribution in [-0.2, 0) is 7.05 Å². The standard InChI is InChI=1S/C22H26N6O3/c1-6-28(26(3)4)20(29)15-7-8-17(14(2)11-15)24-22-23-10-9-18(25-22)19-12-16(21(30)31)13-27(19)5/h7-13H,6H2,1-5H3,(H,30,31)(H,23,24,25). The summed E-state index contributed by atoms with van der Waals surface area (Å²) in [6, 6.07) is 8.72. The monoisotopic (exact) mass is 422 g/mol. The van der Waals surface area contributed by atoms with Crippen LogP contribution in [0, 0.1) is 6.92 Å². The predicted molar refractivity (Wildman–Crippen MR) is 118 cm³/mol. The van der Waals surface area contributed by atoms with Gasteiger partial charge in [0, 0.05) is 51.3 Å². The molecule has 2 heterocycles. The number of anilines is 2. The molecule has 0 fully saturated rings. The minimum absolute atomic E-state index is 0.0710. The molecule has 0 unspecified atom stereocenters. The van der Waals surface area contributed by atoms with Crippen LogP contribution in [0.1, 0.15) is 33.2 Å². The summed E-state index contributed by atoms with van der Waals surface area (Å²) in [5, 5.41) is 15.8. The van der Waals surface area contributed by atoms with Gasteiger partial charge in [-0.3, -0.25) is 9.80 Å². The molecule has 0 radical (unpaired) electrons. The summed E-state index contributed by atoms with van der Waals surface area (Å²) in [6.45, 7) is 4.41. The minimum Gasteiger partial charge on any atom is -0.478 e. The zero-order valence-corrected chi connectivity index (χ0v) is 18.2. The maximum absolute atomic E-state index is 12.7. The lowest BCUT2D eigenvalue weighted by Gasteiger charge is -2.27. The molecule has 9 heteroatoms. The van der Waals surface area contributed by atoms with E-state index in [9.17, 15) is 14.7 Å². The van der Waals surface area contributed by atoms with Crippen molar-refractivity contribution in [2.24, 2.45) is 7.05 Å². The van der Waals surface area contributed by atoms with Crippen LogP contribution in [0.3, 0.4) is 0 Å². The number of benzene rings is 1. The largest absolute Gasteiger partial charge is 0.478 e. The average Bonchev–Trinajstić information content (AvgIpc) is 3.12. The van der Waals surface area contributed by atoms with Gasteiger partial charge < -0.3 is 15.0 Å². The van der Waals surface area contributed by atoms with E-state index in [0.29, 0.717) is 29.4 Å². The number of amides is 1. The number of rotatable bonds is 7. The Labute approximate surface area is 180 Å². The molecule has 2 aromatic heterocycles. The van der Waals surface area contributed by atoms with Gasteiger partial charge in [-0.15, -0.1) is 0 Å². The highest BCUT2D eigenvalue weighted by Gasteiger charge is 2.17. The quantitative estimate of drug-likeness (QED) is 0.564. The summed E-state index contributed by atoms with van der Waals surface area (Å²) in [6.07, 6.45) is 3.15. The molecular formula is C22H26N6O3. The lowest BCUT2D eigenvalue weighted by molar-refractivity contribution is 0.0230. The van der Waals surface area contributed by atoms with Crippen molar-refractivity contribution in [1.82, 2.24) is 24.6 Å². The SMILES string of the molecule is CCN(C(=O)c1ccc(Nc2nccc(-c3cc(C(=O)O)cn3C)n2)c(C)c1)N(C)C. The summed E-state index contributed by atoms with van der Waals surface area (Å²) in [7, 11) is 5.44. The first kappa shape index (κ1) is 22.0. The number of nitrogens with zero attached hydrogens (tertiary/aromatic N) is 5. The van der Waals surface area contributed by atoms with Crippen molar-refractivity contribution in [2.45, 2.75) is 13.8 Å². The van der Waals surface area contributed by atoms with Gasteiger partial charge in [0.1, 0.15) is 0 Å². The average molecular weight is 422 g/mol. The molecule has 1 aromatic carbocycles. The van der Waals surface area contributed by atoms with Gasteiger partial charge in [0.05, 0.1) is 17.0 Å². The molecule has 0 aliphatic carbocycles. The molecule has 0 saturated carbocycles. The van der Waals surface area contributed by atoms with Crippen molar-refractivity contribution in [3.05, 3.63) is 59.4 Å². The molecule has 0 saturated heterocycles. The first-order valence-electron chi connectivity index (χ1n) is 9.81. The maximum Gasteiger partial charge on any atom is 0.337 e. The highest BCUT2D eigenvalue weighted by molar-refractivity contribution is 5.94.